The van der Waals surface area contributed by atoms with Crippen LogP contribution in [0.1, 0.15) is 31.4 Å². The number of imide groups is 1. The van der Waals surface area contributed by atoms with Gasteiger partial charge in [-0.2, -0.15) is 5.01 Å². The van der Waals surface area contributed by atoms with Crippen molar-refractivity contribution in [1.82, 2.24) is 36.0 Å². The van der Waals surface area contributed by atoms with Crippen molar-refractivity contribution in [3.05, 3.63) is 35.9 Å². The van der Waals surface area contributed by atoms with Crippen molar-refractivity contribution >= 4 is 29.6 Å². The zero-order valence-corrected chi connectivity index (χ0v) is 15.3. The van der Waals surface area contributed by atoms with E-state index in [2.05, 4.69) is 26.3 Å². The molecule has 1 saturated carbocycles. The predicted octanol–water partition coefficient (Wildman–Crippen LogP) is 0.598. The number of nitrogens with one attached hydrogen (secondary N) is 2. The van der Waals surface area contributed by atoms with E-state index in [-0.39, 0.29) is 5.75 Å². The summed E-state index contributed by atoms with van der Waals surface area (Å²) in [5, 5.41) is 15.3. The van der Waals surface area contributed by atoms with Crippen LogP contribution in [0.5, 0.6) is 0 Å². The maximum Gasteiger partial charge on any atom is 0.344 e. The molecule has 2 fully saturated rings. The minimum atomic E-state index is -1.23. The Bertz CT molecular complexity index is 898. The number of hydrazine groups is 1. The number of hydrogen-bond donors (Lipinski definition) is 2. The second-order valence-corrected chi connectivity index (χ2v) is 7.47. The molecule has 2 heterocycles. The lowest BCUT2D eigenvalue weighted by atomic mass is 9.92. The molecule has 1 atom stereocenters. The molecule has 1 saturated heterocycles. The highest BCUT2D eigenvalue weighted by molar-refractivity contribution is 7.99. The lowest BCUT2D eigenvalue weighted by Gasteiger charge is -2.22. The summed E-state index contributed by atoms with van der Waals surface area (Å²) < 4.78 is 1.69. The van der Waals surface area contributed by atoms with Crippen LogP contribution in [0.25, 0.3) is 0 Å². The highest BCUT2D eigenvalue weighted by Gasteiger charge is 2.49. The third-order valence-corrected chi connectivity index (χ3v) is 5.40. The summed E-state index contributed by atoms with van der Waals surface area (Å²) in [7, 11) is 0. The lowest BCUT2D eigenvalue weighted by molar-refractivity contribution is -0.138. The quantitative estimate of drug-likeness (QED) is 0.550. The molecule has 1 aromatic heterocycles. The number of benzene rings is 1. The number of carbonyl (C=O) groups excluding carboxylic acids is 3. The van der Waals surface area contributed by atoms with E-state index >= 15 is 0 Å². The van der Waals surface area contributed by atoms with E-state index in [1.54, 1.807) is 35.9 Å². The molecule has 1 aliphatic heterocycles. The number of hydrogen-bond acceptors (Lipinski definition) is 7. The summed E-state index contributed by atoms with van der Waals surface area (Å²) >= 11 is 1.16. The molecule has 1 aliphatic carbocycles. The van der Waals surface area contributed by atoms with Gasteiger partial charge in [-0.1, -0.05) is 42.1 Å². The second-order valence-electron chi connectivity index (χ2n) is 6.52. The molecule has 2 aromatic rings. The van der Waals surface area contributed by atoms with Gasteiger partial charge in [0.2, 0.25) is 11.1 Å². The van der Waals surface area contributed by atoms with Crippen molar-refractivity contribution in [1.29, 1.82) is 0 Å². The standard InChI is InChI=1S/C16H17N7O3S/c1-16(10-5-3-2-4-6-10)13(25)23(14(26)17-16)19-12(24)9-27-15-18-20-21-22(15)11-7-8-11/h2-6,11H,7-9H2,1H3,(H,17,26)(H,19,24). The van der Waals surface area contributed by atoms with Gasteiger partial charge < -0.3 is 5.32 Å². The molecule has 4 rings (SSSR count). The number of tetrazole rings is 1. The molecule has 140 valence electrons. The Kier molecular flexibility index (Phi) is 4.30. The van der Waals surface area contributed by atoms with Crippen LogP contribution in [0.2, 0.25) is 0 Å². The molecule has 2 aliphatic rings. The largest absolute Gasteiger partial charge is 0.344 e. The van der Waals surface area contributed by atoms with Gasteiger partial charge in [0, 0.05) is 0 Å². The molecule has 0 bridgehead atoms. The van der Waals surface area contributed by atoms with E-state index in [4.69, 9.17) is 0 Å². The van der Waals surface area contributed by atoms with E-state index in [1.807, 2.05) is 6.07 Å². The molecule has 1 unspecified atom stereocenters. The summed E-state index contributed by atoms with van der Waals surface area (Å²) in [5.41, 5.74) is 1.77. The van der Waals surface area contributed by atoms with Crippen LogP contribution < -0.4 is 10.7 Å². The van der Waals surface area contributed by atoms with Crippen LogP contribution in [0.3, 0.4) is 0 Å². The summed E-state index contributed by atoms with van der Waals surface area (Å²) in [4.78, 5) is 37.2. The SMILES string of the molecule is CC1(c2ccccc2)NC(=O)N(NC(=O)CSc2nnnn2C2CC2)C1=O. The maximum absolute atomic E-state index is 12.7. The van der Waals surface area contributed by atoms with E-state index in [9.17, 15) is 14.4 Å². The summed E-state index contributed by atoms with van der Waals surface area (Å²) in [6.45, 7) is 1.60. The van der Waals surface area contributed by atoms with Gasteiger partial charge in [-0.25, -0.2) is 9.48 Å². The van der Waals surface area contributed by atoms with Crippen LogP contribution in [0.15, 0.2) is 35.5 Å². The maximum atomic E-state index is 12.7. The van der Waals surface area contributed by atoms with Crippen molar-refractivity contribution in [2.24, 2.45) is 0 Å². The predicted molar refractivity (Wildman–Crippen MR) is 94.1 cm³/mol. The van der Waals surface area contributed by atoms with Gasteiger partial charge in [0.15, 0.2) is 0 Å². The zero-order valence-electron chi connectivity index (χ0n) is 14.5. The van der Waals surface area contributed by atoms with Crippen LogP contribution in [0, 0.1) is 0 Å². The van der Waals surface area contributed by atoms with Crippen molar-refractivity contribution in [3.63, 3.8) is 0 Å². The summed E-state index contributed by atoms with van der Waals surface area (Å²) in [6.07, 6.45) is 2.04. The Morgan fingerprint density at radius 3 is 2.78 bits per heavy atom. The highest BCUT2D eigenvalue weighted by atomic mass is 32.2. The van der Waals surface area contributed by atoms with Gasteiger partial charge in [0.05, 0.1) is 11.8 Å². The van der Waals surface area contributed by atoms with E-state index in [0.29, 0.717) is 16.8 Å². The van der Waals surface area contributed by atoms with Gasteiger partial charge in [0.25, 0.3) is 5.91 Å². The van der Waals surface area contributed by atoms with Gasteiger partial charge in [-0.05, 0) is 35.8 Å². The molecule has 4 amide bonds. The molecule has 27 heavy (non-hydrogen) atoms. The van der Waals surface area contributed by atoms with Gasteiger partial charge in [-0.3, -0.25) is 15.0 Å². The number of rotatable bonds is 6. The average molecular weight is 387 g/mol. The zero-order chi connectivity index (χ0) is 19.0. The summed E-state index contributed by atoms with van der Waals surface area (Å²) in [5.74, 6) is -1.06. The average Bonchev–Trinajstić information content (AvgIpc) is 3.37. The Morgan fingerprint density at radius 2 is 2.07 bits per heavy atom. The lowest BCUT2D eigenvalue weighted by Crippen LogP contribution is -2.48. The number of urea groups is 1. The number of amides is 4. The molecule has 10 nitrogen and oxygen atoms in total. The minimum Gasteiger partial charge on any atom is -0.318 e. The van der Waals surface area contributed by atoms with Crippen molar-refractivity contribution in [3.8, 4) is 0 Å². The van der Waals surface area contributed by atoms with Gasteiger partial charge in [0.1, 0.15) is 5.54 Å². The van der Waals surface area contributed by atoms with Crippen molar-refractivity contribution in [2.75, 3.05) is 5.75 Å². The molecule has 2 N–H and O–H groups in total. The first-order valence-corrected chi connectivity index (χ1v) is 9.40. The Hall–Kier alpha value is -2.95. The first kappa shape index (κ1) is 17.5. The van der Waals surface area contributed by atoms with Crippen LogP contribution in [-0.2, 0) is 15.1 Å². The highest BCUT2D eigenvalue weighted by Crippen LogP contribution is 2.36. The fourth-order valence-corrected chi connectivity index (χ4v) is 3.56. The molecule has 11 heteroatoms. The first-order valence-electron chi connectivity index (χ1n) is 8.41. The van der Waals surface area contributed by atoms with Gasteiger partial charge in [-0.15, -0.1) is 5.10 Å². The van der Waals surface area contributed by atoms with Crippen molar-refractivity contribution < 1.29 is 14.4 Å². The Morgan fingerprint density at radius 1 is 1.33 bits per heavy atom. The molecule has 1 aromatic carbocycles. The molecule has 0 spiro atoms. The van der Waals surface area contributed by atoms with Crippen LogP contribution in [0.4, 0.5) is 4.79 Å². The fourth-order valence-electron chi connectivity index (χ4n) is 2.82. The number of carbonyl (C=O) groups is 3. The Balaban J connectivity index is 1.40. The van der Waals surface area contributed by atoms with E-state index in [1.165, 1.54) is 0 Å². The topological polar surface area (TPSA) is 122 Å². The number of thioether (sulfide) groups is 1. The second kappa shape index (κ2) is 6.65. The van der Waals surface area contributed by atoms with Crippen molar-refractivity contribution in [2.45, 2.75) is 36.5 Å². The summed E-state index contributed by atoms with van der Waals surface area (Å²) in [6, 6.07) is 8.49. The fraction of sp³-hybridized carbons (Fsp3) is 0.375. The van der Waals surface area contributed by atoms with Gasteiger partial charge >= 0.3 is 6.03 Å². The normalized spacial score (nSPS) is 22.0. The monoisotopic (exact) mass is 387 g/mol. The minimum absolute atomic E-state index is 0.0216. The van der Waals surface area contributed by atoms with Crippen LogP contribution in [-0.4, -0.2) is 48.8 Å². The Labute approximate surface area is 158 Å². The number of aromatic nitrogens is 4. The third-order valence-electron chi connectivity index (χ3n) is 4.47. The molecular formula is C16H17N7O3S. The number of nitrogens with zero attached hydrogens (tertiary/aromatic N) is 5. The third kappa shape index (κ3) is 3.25. The first-order chi connectivity index (χ1) is 13.0. The van der Waals surface area contributed by atoms with E-state index in [0.717, 1.165) is 29.6 Å². The molecular weight excluding hydrogens is 370 g/mol. The van der Waals surface area contributed by atoms with E-state index < -0.39 is 23.4 Å². The van der Waals surface area contributed by atoms with Crippen LogP contribution >= 0.6 is 11.8 Å². The smallest absolute Gasteiger partial charge is 0.318 e. The molecule has 0 radical (unpaired) electrons.